The first-order chi connectivity index (χ1) is 14.0. The van der Waals surface area contributed by atoms with Gasteiger partial charge in [0.2, 0.25) is 5.78 Å². The van der Waals surface area contributed by atoms with E-state index in [1.807, 2.05) is 74.5 Å². The number of aromatic amines is 1. The predicted molar refractivity (Wildman–Crippen MR) is 111 cm³/mol. The van der Waals surface area contributed by atoms with Crippen LogP contribution in [0.1, 0.15) is 21.7 Å². The van der Waals surface area contributed by atoms with Gasteiger partial charge < -0.3 is 9.72 Å². The van der Waals surface area contributed by atoms with Crippen LogP contribution in [0, 0.1) is 13.8 Å². The molecule has 0 unspecified atom stereocenters. The number of H-pyrrole nitrogens is 1. The number of fused-ring (bicyclic) bond motifs is 1. The summed E-state index contributed by atoms with van der Waals surface area (Å²) in [6.45, 7) is 3.39. The number of carbonyl (C=O) groups is 2. The third kappa shape index (κ3) is 3.82. The van der Waals surface area contributed by atoms with Crippen molar-refractivity contribution >= 4 is 22.7 Å². The fourth-order valence-electron chi connectivity index (χ4n) is 3.47. The summed E-state index contributed by atoms with van der Waals surface area (Å²) < 4.78 is 6.85. The molecular formula is C23H21N3O3. The molecule has 6 nitrogen and oxygen atoms in total. The smallest absolute Gasteiger partial charge is 0.328 e. The fraction of sp³-hybridized carbons (Fsp3) is 0.174. The summed E-state index contributed by atoms with van der Waals surface area (Å²) in [5, 5.41) is 5.06. The number of aromatic nitrogens is 3. The van der Waals surface area contributed by atoms with Gasteiger partial charge in [-0.3, -0.25) is 14.3 Å². The highest BCUT2D eigenvalue weighted by molar-refractivity contribution is 6.14. The van der Waals surface area contributed by atoms with E-state index in [1.165, 1.54) is 0 Å². The zero-order valence-electron chi connectivity index (χ0n) is 16.3. The van der Waals surface area contributed by atoms with Crippen LogP contribution < -0.4 is 0 Å². The normalized spacial score (nSPS) is 11.0. The maximum absolute atomic E-state index is 13.0. The molecule has 29 heavy (non-hydrogen) atoms. The molecular weight excluding hydrogens is 366 g/mol. The molecule has 4 rings (SSSR count). The van der Waals surface area contributed by atoms with Crippen molar-refractivity contribution < 1.29 is 14.3 Å². The topological polar surface area (TPSA) is 77.0 Å². The average Bonchev–Trinajstić information content (AvgIpc) is 3.26. The minimum Gasteiger partial charge on any atom is -0.456 e. The van der Waals surface area contributed by atoms with Gasteiger partial charge in [0.05, 0.1) is 17.0 Å². The Morgan fingerprint density at radius 2 is 1.76 bits per heavy atom. The Kier molecular flexibility index (Phi) is 4.99. The predicted octanol–water partition coefficient (Wildman–Crippen LogP) is 4.07. The first-order valence-corrected chi connectivity index (χ1v) is 9.39. The van der Waals surface area contributed by atoms with E-state index in [4.69, 9.17) is 4.74 Å². The van der Waals surface area contributed by atoms with Crippen LogP contribution in [0.3, 0.4) is 0 Å². The molecule has 0 radical (unpaired) electrons. The van der Waals surface area contributed by atoms with E-state index in [9.17, 15) is 9.59 Å². The Balaban J connectivity index is 1.57. The van der Waals surface area contributed by atoms with Crippen molar-refractivity contribution in [3.8, 4) is 11.3 Å². The number of carbonyl (C=O) groups excluding carboxylic acids is 2. The zero-order valence-corrected chi connectivity index (χ0v) is 16.3. The summed E-state index contributed by atoms with van der Waals surface area (Å²) >= 11 is 0. The van der Waals surface area contributed by atoms with Gasteiger partial charge in [-0.2, -0.15) is 5.10 Å². The zero-order chi connectivity index (χ0) is 20.4. The number of nitrogens with zero attached hydrogens (tertiary/aromatic N) is 2. The second-order valence-corrected chi connectivity index (χ2v) is 6.96. The molecule has 2 heterocycles. The number of ether oxygens (including phenoxy) is 1. The number of aryl methyl sites for hydroxylation is 2. The highest BCUT2D eigenvalue weighted by atomic mass is 16.5. The maximum Gasteiger partial charge on any atom is 0.328 e. The molecule has 2 aromatic heterocycles. The van der Waals surface area contributed by atoms with Crippen molar-refractivity contribution in [1.29, 1.82) is 0 Å². The minimum atomic E-state index is -0.495. The number of para-hydroxylation sites is 1. The second-order valence-electron chi connectivity index (χ2n) is 6.96. The summed E-state index contributed by atoms with van der Waals surface area (Å²) in [4.78, 5) is 28.6. The minimum absolute atomic E-state index is 0.0214. The van der Waals surface area contributed by atoms with Crippen LogP contribution in [0.5, 0.6) is 0 Å². The molecule has 0 bridgehead atoms. The van der Waals surface area contributed by atoms with Crippen molar-refractivity contribution in [3.05, 3.63) is 77.6 Å². The molecule has 6 heteroatoms. The lowest BCUT2D eigenvalue weighted by Gasteiger charge is -2.07. The van der Waals surface area contributed by atoms with Gasteiger partial charge in [-0.15, -0.1) is 0 Å². The van der Waals surface area contributed by atoms with Gasteiger partial charge in [-0.05, 0) is 31.5 Å². The molecule has 0 aliphatic heterocycles. The van der Waals surface area contributed by atoms with Crippen LogP contribution in [0.15, 0.2) is 60.7 Å². The lowest BCUT2D eigenvalue weighted by atomic mass is 10.0. The molecule has 0 atom stereocenters. The van der Waals surface area contributed by atoms with E-state index < -0.39 is 5.97 Å². The Bertz CT molecular complexity index is 1190. The van der Waals surface area contributed by atoms with Crippen molar-refractivity contribution in [1.82, 2.24) is 14.8 Å². The van der Waals surface area contributed by atoms with Crippen LogP contribution in [-0.2, 0) is 16.1 Å². The number of benzene rings is 2. The summed E-state index contributed by atoms with van der Waals surface area (Å²) in [6.07, 6.45) is 0. The number of rotatable bonds is 6. The van der Waals surface area contributed by atoms with Crippen LogP contribution in [0.25, 0.3) is 22.2 Å². The van der Waals surface area contributed by atoms with Crippen LogP contribution in [-0.4, -0.2) is 33.1 Å². The fourth-order valence-corrected chi connectivity index (χ4v) is 3.47. The maximum atomic E-state index is 13.0. The van der Waals surface area contributed by atoms with Gasteiger partial charge in [-0.25, -0.2) is 0 Å². The van der Waals surface area contributed by atoms with Crippen molar-refractivity contribution in [2.75, 3.05) is 6.61 Å². The number of nitrogens with one attached hydrogen (secondary N) is 1. The first kappa shape index (κ1) is 18.7. The number of Topliss-reactive ketones (excluding diaryl/α,β-unsaturated/α-hetero) is 1. The number of ketones is 1. The Morgan fingerprint density at radius 3 is 2.48 bits per heavy atom. The Morgan fingerprint density at radius 1 is 1.03 bits per heavy atom. The number of hydrogen-bond acceptors (Lipinski definition) is 4. The van der Waals surface area contributed by atoms with E-state index in [1.54, 1.807) is 4.68 Å². The molecule has 0 aliphatic rings. The first-order valence-electron chi connectivity index (χ1n) is 9.39. The summed E-state index contributed by atoms with van der Waals surface area (Å²) in [7, 11) is 0. The standard InChI is InChI=1S/C23H21N3O3/c1-15-12-16(2)26(25-15)13-21(28)29-14-20(27)22-18-10-6-7-11-19(18)24-23(22)17-8-4-3-5-9-17/h3-12,24H,13-14H2,1-2H3. The molecule has 0 amide bonds. The van der Waals surface area contributed by atoms with Gasteiger partial charge in [0.1, 0.15) is 6.54 Å². The van der Waals surface area contributed by atoms with Crippen LogP contribution >= 0.6 is 0 Å². The van der Waals surface area contributed by atoms with E-state index in [2.05, 4.69) is 10.1 Å². The van der Waals surface area contributed by atoms with Gasteiger partial charge in [-0.1, -0.05) is 48.5 Å². The monoisotopic (exact) mass is 387 g/mol. The van der Waals surface area contributed by atoms with Gasteiger partial charge >= 0.3 is 5.97 Å². The van der Waals surface area contributed by atoms with Gasteiger partial charge in [0.25, 0.3) is 0 Å². The third-order valence-electron chi connectivity index (χ3n) is 4.79. The molecule has 0 fully saturated rings. The van der Waals surface area contributed by atoms with Crippen molar-refractivity contribution in [2.45, 2.75) is 20.4 Å². The van der Waals surface area contributed by atoms with E-state index in [-0.39, 0.29) is 18.9 Å². The SMILES string of the molecule is Cc1cc(C)n(CC(=O)OCC(=O)c2c(-c3ccccc3)[nH]c3ccccc23)n1. The van der Waals surface area contributed by atoms with E-state index in [0.717, 1.165) is 33.5 Å². The number of esters is 1. The van der Waals surface area contributed by atoms with Crippen molar-refractivity contribution in [2.24, 2.45) is 0 Å². The highest BCUT2D eigenvalue weighted by Gasteiger charge is 2.21. The molecule has 0 saturated carbocycles. The molecule has 2 aromatic carbocycles. The molecule has 1 N–H and O–H groups in total. The lowest BCUT2D eigenvalue weighted by molar-refractivity contribution is -0.143. The summed E-state index contributed by atoms with van der Waals surface area (Å²) in [5.41, 5.74) is 4.73. The Labute approximate surface area is 168 Å². The number of hydrogen-bond donors (Lipinski definition) is 1. The molecule has 0 saturated heterocycles. The highest BCUT2D eigenvalue weighted by Crippen LogP contribution is 2.30. The van der Waals surface area contributed by atoms with Crippen LogP contribution in [0.2, 0.25) is 0 Å². The molecule has 0 aliphatic carbocycles. The average molecular weight is 387 g/mol. The van der Waals surface area contributed by atoms with Crippen LogP contribution in [0.4, 0.5) is 0 Å². The quantitative estimate of drug-likeness (QED) is 0.400. The van der Waals surface area contributed by atoms with E-state index in [0.29, 0.717) is 5.56 Å². The van der Waals surface area contributed by atoms with Gasteiger partial charge in [0, 0.05) is 16.6 Å². The molecule has 4 aromatic rings. The summed E-state index contributed by atoms with van der Waals surface area (Å²) in [5.74, 6) is -0.742. The largest absolute Gasteiger partial charge is 0.456 e. The van der Waals surface area contributed by atoms with Crippen molar-refractivity contribution in [3.63, 3.8) is 0 Å². The lowest BCUT2D eigenvalue weighted by Crippen LogP contribution is -2.20. The van der Waals surface area contributed by atoms with Gasteiger partial charge in [0.15, 0.2) is 6.61 Å². The second kappa shape index (κ2) is 7.75. The third-order valence-corrected chi connectivity index (χ3v) is 4.79. The molecule has 146 valence electrons. The Hall–Kier alpha value is -3.67. The van der Waals surface area contributed by atoms with E-state index >= 15 is 0 Å². The summed E-state index contributed by atoms with van der Waals surface area (Å²) in [6, 6.07) is 19.1. The molecule has 0 spiro atoms.